The van der Waals surface area contributed by atoms with Crippen LogP contribution in [0.2, 0.25) is 0 Å². The van der Waals surface area contributed by atoms with E-state index in [2.05, 4.69) is 20.1 Å². The second kappa shape index (κ2) is 13.8. The molecule has 4 heterocycles. The third-order valence-electron chi connectivity index (χ3n) is 8.29. The van der Waals surface area contributed by atoms with Gasteiger partial charge in [0, 0.05) is 12.8 Å². The van der Waals surface area contributed by atoms with Gasteiger partial charge in [0.15, 0.2) is 5.82 Å². The van der Waals surface area contributed by atoms with E-state index in [4.69, 9.17) is 24.3 Å². The molecule has 7 atom stereocenters. The lowest BCUT2D eigenvalue weighted by Gasteiger charge is -2.39. The summed E-state index contributed by atoms with van der Waals surface area (Å²) < 4.78 is 38.9. The minimum Gasteiger partial charge on any atom is -0.464 e. The van der Waals surface area contributed by atoms with Gasteiger partial charge in [0.05, 0.1) is 24.8 Å². The molecule has 2 aromatic heterocycles. The number of nitrogens with zero attached hydrogens (tertiary/aromatic N) is 5. The number of aliphatic imine (C=N–C) groups is 2. The van der Waals surface area contributed by atoms with Crippen molar-refractivity contribution in [2.45, 2.75) is 63.6 Å². The topological polar surface area (TPSA) is 192 Å². The number of aliphatic hydroxyl groups excluding tert-OH is 2. The molecule has 0 aliphatic carbocycles. The quantitative estimate of drug-likeness (QED) is 0.133. The van der Waals surface area contributed by atoms with Crippen molar-refractivity contribution in [2.24, 2.45) is 21.8 Å². The van der Waals surface area contributed by atoms with Crippen LogP contribution in [0.5, 0.6) is 5.75 Å². The van der Waals surface area contributed by atoms with Crippen LogP contribution in [-0.4, -0.2) is 87.1 Å². The maximum Gasteiger partial charge on any atom is 0.421 e. The highest BCUT2D eigenvalue weighted by molar-refractivity contribution is 7.70. The number of ether oxygens (including phenoxy) is 2. The highest BCUT2D eigenvalue weighted by Crippen LogP contribution is 2.50. The molecule has 3 aromatic rings. The van der Waals surface area contributed by atoms with E-state index in [-0.39, 0.29) is 24.1 Å². The van der Waals surface area contributed by atoms with E-state index in [1.807, 2.05) is 13.8 Å². The van der Waals surface area contributed by atoms with Gasteiger partial charge in [-0.15, -0.1) is 0 Å². The third-order valence-corrected chi connectivity index (χ3v) is 9.68. The van der Waals surface area contributed by atoms with E-state index in [9.17, 15) is 19.6 Å². The lowest BCUT2D eigenvalue weighted by atomic mass is 9.78. The van der Waals surface area contributed by atoms with Gasteiger partial charge in [-0.3, -0.25) is 14.5 Å². The molecular weight excluding hydrogens is 603 g/mol. The Balaban J connectivity index is 1.37. The molecular formula is C30H39N6O8P. The second-order valence-corrected chi connectivity index (χ2v) is 12.9. The lowest BCUT2D eigenvalue weighted by Crippen LogP contribution is -2.51. The number of nitrogens with two attached hydrogens (primary N) is 1. The fourth-order valence-corrected chi connectivity index (χ4v) is 6.67. The van der Waals surface area contributed by atoms with Crippen LogP contribution >= 0.6 is 7.60 Å². The number of anilines is 1. The van der Waals surface area contributed by atoms with Gasteiger partial charge in [-0.2, -0.15) is 5.10 Å². The molecule has 14 nitrogen and oxygen atoms in total. The van der Waals surface area contributed by atoms with E-state index in [1.165, 1.54) is 17.8 Å². The molecule has 242 valence electrons. The summed E-state index contributed by atoms with van der Waals surface area (Å²) in [4.78, 5) is 24.9. The first-order chi connectivity index (χ1) is 21.6. The Morgan fingerprint density at radius 2 is 1.98 bits per heavy atom. The van der Waals surface area contributed by atoms with E-state index in [1.54, 1.807) is 48.7 Å². The number of fused-ring (bicyclic) bond motifs is 1. The molecule has 15 heteroatoms. The zero-order valence-electron chi connectivity index (χ0n) is 25.4. The lowest BCUT2D eigenvalue weighted by molar-refractivity contribution is -0.146. The average Bonchev–Trinajstić information content (AvgIpc) is 3.56. The number of hydrogen-bond acceptors (Lipinski definition) is 13. The molecule has 0 radical (unpaired) electrons. The van der Waals surface area contributed by atoms with Crippen molar-refractivity contribution in [1.29, 1.82) is 0 Å². The van der Waals surface area contributed by atoms with Crippen molar-refractivity contribution in [2.75, 3.05) is 25.5 Å². The van der Waals surface area contributed by atoms with E-state index < -0.39 is 56.0 Å². The number of hydrogen-bond donors (Lipinski definition) is 3. The molecule has 0 saturated carbocycles. The Bertz CT molecular complexity index is 1580. The number of rotatable bonds is 14. The van der Waals surface area contributed by atoms with Gasteiger partial charge < -0.3 is 29.9 Å². The molecule has 1 saturated heterocycles. The highest BCUT2D eigenvalue weighted by Gasteiger charge is 2.61. The zero-order chi connectivity index (χ0) is 32.2. The summed E-state index contributed by atoms with van der Waals surface area (Å²) in [7, 11) is -4.19. The monoisotopic (exact) mass is 642 g/mol. The summed E-state index contributed by atoms with van der Waals surface area (Å²) in [6.07, 6.45) is 0.624. The van der Waals surface area contributed by atoms with E-state index >= 15 is 0 Å². The Kier molecular flexibility index (Phi) is 10.00. The van der Waals surface area contributed by atoms with Crippen molar-refractivity contribution >= 4 is 37.1 Å². The third kappa shape index (κ3) is 6.66. The number of aliphatic hydroxyl groups is 2. The number of benzene rings is 1. The summed E-state index contributed by atoms with van der Waals surface area (Å²) in [5.41, 5.74) is 5.49. The van der Waals surface area contributed by atoms with Gasteiger partial charge >= 0.3 is 13.6 Å². The first-order valence-electron chi connectivity index (χ1n) is 14.9. The molecule has 0 spiro atoms. The van der Waals surface area contributed by atoms with Gasteiger partial charge in [0.25, 0.3) is 0 Å². The first kappa shape index (κ1) is 32.7. The number of carbonyl (C=O) groups excluding carboxylic acids is 1. The number of nitrogen functional groups attached to an aromatic ring is 1. The molecule has 1 aromatic carbocycles. The molecule has 0 bridgehead atoms. The van der Waals surface area contributed by atoms with Crippen LogP contribution in [0.1, 0.15) is 39.3 Å². The molecule has 0 amide bonds. The van der Waals surface area contributed by atoms with Crippen molar-refractivity contribution in [3.05, 3.63) is 54.5 Å². The Labute approximate surface area is 260 Å². The van der Waals surface area contributed by atoms with Crippen LogP contribution in [0, 0.1) is 11.8 Å². The Morgan fingerprint density at radius 1 is 1.24 bits per heavy atom. The van der Waals surface area contributed by atoms with Gasteiger partial charge in [0.2, 0.25) is 0 Å². The van der Waals surface area contributed by atoms with Gasteiger partial charge in [0.1, 0.15) is 53.5 Å². The van der Waals surface area contributed by atoms with Gasteiger partial charge in [-0.25, -0.2) is 18.9 Å². The second-order valence-electron chi connectivity index (χ2n) is 11.2. The number of aromatic nitrogens is 3. The van der Waals surface area contributed by atoms with Crippen molar-refractivity contribution in [1.82, 2.24) is 14.6 Å². The molecule has 2 unspecified atom stereocenters. The summed E-state index contributed by atoms with van der Waals surface area (Å²) in [5.74, 6) is 0.685. The van der Waals surface area contributed by atoms with E-state index in [0.717, 1.165) is 18.8 Å². The smallest absolute Gasteiger partial charge is 0.421 e. The molecule has 4 N–H and O–H groups in total. The first-order valence-corrected chi connectivity index (χ1v) is 16.6. The Hall–Kier alpha value is -3.68. The van der Waals surface area contributed by atoms with E-state index in [0.29, 0.717) is 17.8 Å². The summed E-state index contributed by atoms with van der Waals surface area (Å²) in [5, 5.41) is 27.0. The zero-order valence-corrected chi connectivity index (χ0v) is 26.3. The molecule has 2 aliphatic rings. The average molecular weight is 643 g/mol. The maximum absolute atomic E-state index is 14.0. The Morgan fingerprint density at radius 3 is 2.64 bits per heavy atom. The molecule has 1 fully saturated rings. The van der Waals surface area contributed by atoms with Crippen LogP contribution in [0.25, 0.3) is 5.52 Å². The van der Waals surface area contributed by atoms with Crippen molar-refractivity contribution in [3.8, 4) is 5.75 Å². The van der Waals surface area contributed by atoms with Crippen molar-refractivity contribution < 1.29 is 38.1 Å². The highest BCUT2D eigenvalue weighted by atomic mass is 31.2. The van der Waals surface area contributed by atoms with Crippen LogP contribution in [-0.2, 0) is 29.0 Å². The van der Waals surface area contributed by atoms with Crippen LogP contribution < -0.4 is 10.3 Å². The van der Waals surface area contributed by atoms with Crippen molar-refractivity contribution in [3.63, 3.8) is 0 Å². The van der Waals surface area contributed by atoms with Crippen LogP contribution in [0.3, 0.4) is 0 Å². The molecule has 45 heavy (non-hydrogen) atoms. The minimum atomic E-state index is -4.19. The predicted octanol–water partition coefficient (Wildman–Crippen LogP) is 3.01. The van der Waals surface area contributed by atoms with Crippen LogP contribution in [0.15, 0.2) is 58.8 Å². The summed E-state index contributed by atoms with van der Waals surface area (Å²) in [6.45, 7) is 5.72. The fraction of sp³-hybridized carbons (Fsp3) is 0.500. The fourth-order valence-electron chi connectivity index (χ4n) is 5.37. The van der Waals surface area contributed by atoms with Crippen LogP contribution in [0.4, 0.5) is 5.82 Å². The molecule has 2 aliphatic heterocycles. The largest absolute Gasteiger partial charge is 0.464 e. The minimum absolute atomic E-state index is 0.230. The van der Waals surface area contributed by atoms with Gasteiger partial charge in [-0.1, -0.05) is 44.9 Å². The standard InChI is InChI=1S/C30H39N6O8P/c1-4-20(5-2)15-41-29(39)19(3)34-18-45(40,44-22-9-7-6-8-10-22)42-16-24-26(37)27(38)30(43-24,21-13-32-14-21)25-12-11-23-28(31)33-17-35-36(23)25/h6-13,17-21,24,26-27,37-38H,4-5,14-16H2,1-3H3,(H2,31,33,35)/t19-,21?,24+,26+,27+,30-,45?/m0/s1. The summed E-state index contributed by atoms with van der Waals surface area (Å²) in [6, 6.07) is 10.8. The number of para-hydroxylation sites is 1. The number of esters is 1. The predicted molar refractivity (Wildman–Crippen MR) is 166 cm³/mol. The molecule has 5 rings (SSSR count). The van der Waals surface area contributed by atoms with Gasteiger partial charge in [-0.05, 0) is 37.1 Å². The normalized spacial score (nSPS) is 26.6. The summed E-state index contributed by atoms with van der Waals surface area (Å²) >= 11 is 0. The maximum atomic E-state index is 14.0. The SMILES string of the molecule is CCC(CC)COC(=O)[C@H](C)N=CP(=O)(OC[C@H]1O[C@](c2ccc3c(N)ncnn23)(C2C=NC2)[C@H](O)[C@@H]1O)Oc1ccccc1. The number of carbonyl (C=O) groups is 1.